The highest BCUT2D eigenvalue weighted by molar-refractivity contribution is 6.17. The number of rotatable bonds is 0. The van der Waals surface area contributed by atoms with Crippen LogP contribution in [0.5, 0.6) is 0 Å². The average Bonchev–Trinajstić information content (AvgIpc) is 3.12. The predicted molar refractivity (Wildman–Crippen MR) is 74.0 cm³/mol. The van der Waals surface area contributed by atoms with Crippen LogP contribution in [0.15, 0.2) is 36.4 Å². The average molecular weight is 230 g/mol. The molecular formula is C18H14. The maximum absolute atomic E-state index is 2.37. The molecule has 0 unspecified atom stereocenters. The maximum atomic E-state index is 2.37. The first-order valence-corrected chi connectivity index (χ1v) is 7.22. The molecule has 2 aromatic rings. The van der Waals surface area contributed by atoms with Crippen LogP contribution >= 0.6 is 0 Å². The third kappa shape index (κ3) is 0.648. The zero-order valence-electron chi connectivity index (χ0n) is 10.2. The molecule has 0 heteroatoms. The van der Waals surface area contributed by atoms with E-state index in [9.17, 15) is 0 Å². The fourth-order valence-electron chi connectivity index (χ4n) is 5.69. The Morgan fingerprint density at radius 1 is 0.722 bits per heavy atom. The van der Waals surface area contributed by atoms with Crippen LogP contribution in [-0.4, -0.2) is 0 Å². The van der Waals surface area contributed by atoms with Gasteiger partial charge in [0, 0.05) is 0 Å². The van der Waals surface area contributed by atoms with Crippen molar-refractivity contribution < 1.29 is 0 Å². The third-order valence-corrected chi connectivity index (χ3v) is 6.12. The molecule has 6 aliphatic rings. The molecule has 0 spiro atoms. The topological polar surface area (TPSA) is 0 Å². The van der Waals surface area contributed by atoms with Gasteiger partial charge in [-0.25, -0.2) is 0 Å². The van der Waals surface area contributed by atoms with Crippen LogP contribution in [0.1, 0.15) is 24.0 Å². The van der Waals surface area contributed by atoms with E-state index in [0.717, 1.165) is 23.7 Å². The van der Waals surface area contributed by atoms with Crippen molar-refractivity contribution in [3.05, 3.63) is 47.5 Å². The summed E-state index contributed by atoms with van der Waals surface area (Å²) in [5, 5.41) is 2.99. The Kier molecular flexibility index (Phi) is 1.15. The van der Waals surface area contributed by atoms with Crippen molar-refractivity contribution in [1.29, 1.82) is 0 Å². The first kappa shape index (κ1) is 8.53. The summed E-state index contributed by atoms with van der Waals surface area (Å²) in [6, 6.07) is 13.8. The van der Waals surface area contributed by atoms with Gasteiger partial charge in [-0.3, -0.25) is 0 Å². The fraction of sp³-hybridized carbons (Fsp3) is 0.333. The van der Waals surface area contributed by atoms with Crippen LogP contribution in [-0.2, 0) is 0 Å². The molecule has 0 heterocycles. The lowest BCUT2D eigenvalue weighted by atomic mass is 9.65. The lowest BCUT2D eigenvalue weighted by molar-refractivity contribution is 0.172. The second kappa shape index (κ2) is 2.42. The number of hydrogen-bond donors (Lipinski definition) is 0. The first-order valence-electron chi connectivity index (χ1n) is 7.22. The Balaban J connectivity index is 1.77. The minimum absolute atomic E-state index is 0.933. The van der Waals surface area contributed by atoms with E-state index in [1.165, 1.54) is 18.2 Å². The van der Waals surface area contributed by atoms with Crippen LogP contribution in [0.4, 0.5) is 0 Å². The molecule has 0 radical (unpaired) electrons. The number of benzene rings is 2. The fourth-order valence-corrected chi connectivity index (χ4v) is 5.69. The molecule has 8 rings (SSSR count). The molecule has 18 heavy (non-hydrogen) atoms. The predicted octanol–water partition coefficient (Wildman–Crippen LogP) is 4.35. The molecule has 0 amide bonds. The standard InChI is InChI=1S/C18H14/c1-3-9-4-2-6-11-14(9)10(5-1)17-15-12-7-8-13(15)16(12)18(11)17/h1-6,12-13,15-16H,7-8H2. The number of allylic oxidation sites excluding steroid dienone is 2. The van der Waals surface area contributed by atoms with Crippen molar-refractivity contribution in [3.8, 4) is 0 Å². The molecule has 4 bridgehead atoms. The molecule has 0 nitrogen and oxygen atoms in total. The maximum Gasteiger partial charge on any atom is -0.00329 e. The second-order valence-electron chi connectivity index (χ2n) is 6.49. The largest absolute Gasteiger partial charge is 0.0610 e. The Morgan fingerprint density at radius 2 is 1.28 bits per heavy atom. The van der Waals surface area contributed by atoms with E-state index in [-0.39, 0.29) is 0 Å². The Hall–Kier alpha value is -1.56. The smallest absolute Gasteiger partial charge is 0.00329 e. The summed E-state index contributed by atoms with van der Waals surface area (Å²) < 4.78 is 0. The monoisotopic (exact) mass is 230 g/mol. The molecule has 0 atom stereocenters. The molecule has 0 N–H and O–H groups in total. The van der Waals surface area contributed by atoms with Gasteiger partial charge in [0.1, 0.15) is 0 Å². The zero-order valence-corrected chi connectivity index (χ0v) is 10.2. The summed E-state index contributed by atoms with van der Waals surface area (Å²) in [7, 11) is 0. The Labute approximate surface area is 106 Å². The van der Waals surface area contributed by atoms with Gasteiger partial charge in [-0.05, 0) is 69.6 Å². The normalized spacial score (nSPS) is 37.3. The third-order valence-electron chi connectivity index (χ3n) is 6.12. The van der Waals surface area contributed by atoms with Crippen LogP contribution in [0.25, 0.3) is 21.9 Å². The van der Waals surface area contributed by atoms with Gasteiger partial charge in [0.2, 0.25) is 0 Å². The quantitative estimate of drug-likeness (QED) is 0.631. The summed E-state index contributed by atoms with van der Waals surface area (Å²) in [5.41, 5.74) is 6.69. The van der Waals surface area contributed by atoms with Crippen LogP contribution in [0.3, 0.4) is 0 Å². The van der Waals surface area contributed by atoms with Gasteiger partial charge in [-0.15, -0.1) is 0 Å². The summed E-state index contributed by atoms with van der Waals surface area (Å²) >= 11 is 0. The van der Waals surface area contributed by atoms with E-state index in [1.54, 1.807) is 27.7 Å². The van der Waals surface area contributed by atoms with Gasteiger partial charge in [-0.1, -0.05) is 36.4 Å². The van der Waals surface area contributed by atoms with Crippen LogP contribution < -0.4 is 0 Å². The van der Waals surface area contributed by atoms with Gasteiger partial charge in [-0.2, -0.15) is 0 Å². The molecule has 3 fully saturated rings. The lowest BCUT2D eigenvalue weighted by Gasteiger charge is -2.38. The summed E-state index contributed by atoms with van der Waals surface area (Å²) in [4.78, 5) is 0. The van der Waals surface area contributed by atoms with Crippen molar-refractivity contribution >= 4 is 21.9 Å². The first-order chi connectivity index (χ1) is 8.95. The van der Waals surface area contributed by atoms with Gasteiger partial charge in [0.25, 0.3) is 0 Å². The highest BCUT2D eigenvalue weighted by Gasteiger charge is 2.64. The molecule has 86 valence electrons. The van der Waals surface area contributed by atoms with E-state index in [1.807, 2.05) is 0 Å². The van der Waals surface area contributed by atoms with Crippen molar-refractivity contribution in [2.75, 3.05) is 0 Å². The molecule has 0 aliphatic heterocycles. The van der Waals surface area contributed by atoms with E-state index in [0.29, 0.717) is 0 Å². The van der Waals surface area contributed by atoms with Crippen molar-refractivity contribution in [3.63, 3.8) is 0 Å². The van der Waals surface area contributed by atoms with E-state index >= 15 is 0 Å². The molecular weight excluding hydrogens is 216 g/mol. The Morgan fingerprint density at radius 3 is 1.83 bits per heavy atom. The zero-order chi connectivity index (χ0) is 11.4. The van der Waals surface area contributed by atoms with Crippen LogP contribution in [0, 0.1) is 23.7 Å². The SMILES string of the molecule is c1cc2c3c(cccc3c1)C1=C2C2C3CCC2C13. The molecule has 0 aromatic heterocycles. The van der Waals surface area contributed by atoms with Gasteiger partial charge in [0.15, 0.2) is 0 Å². The summed E-state index contributed by atoms with van der Waals surface area (Å²) in [6.45, 7) is 0. The minimum Gasteiger partial charge on any atom is -0.0610 e. The van der Waals surface area contributed by atoms with Gasteiger partial charge < -0.3 is 0 Å². The highest BCUT2D eigenvalue weighted by atomic mass is 14.7. The molecule has 6 aliphatic carbocycles. The highest BCUT2D eigenvalue weighted by Crippen LogP contribution is 2.75. The van der Waals surface area contributed by atoms with Crippen molar-refractivity contribution in [2.24, 2.45) is 23.7 Å². The lowest BCUT2D eigenvalue weighted by Crippen LogP contribution is -2.33. The molecule has 2 aromatic carbocycles. The number of fused-ring (bicyclic) bond motifs is 1. The molecule has 3 saturated carbocycles. The van der Waals surface area contributed by atoms with E-state index in [4.69, 9.17) is 0 Å². The molecule has 0 saturated heterocycles. The van der Waals surface area contributed by atoms with E-state index < -0.39 is 0 Å². The second-order valence-corrected chi connectivity index (χ2v) is 6.49. The van der Waals surface area contributed by atoms with Crippen LogP contribution in [0.2, 0.25) is 0 Å². The van der Waals surface area contributed by atoms with Gasteiger partial charge in [0.05, 0.1) is 0 Å². The number of hydrogen-bond acceptors (Lipinski definition) is 0. The summed E-state index contributed by atoms with van der Waals surface area (Å²) in [5.74, 6) is 3.90. The van der Waals surface area contributed by atoms with E-state index in [2.05, 4.69) is 36.4 Å². The summed E-state index contributed by atoms with van der Waals surface area (Å²) in [6.07, 6.45) is 2.98. The Bertz CT molecular complexity index is 696. The van der Waals surface area contributed by atoms with Gasteiger partial charge >= 0.3 is 0 Å². The van der Waals surface area contributed by atoms with Crippen molar-refractivity contribution in [2.45, 2.75) is 12.8 Å². The minimum atomic E-state index is 0.933. The van der Waals surface area contributed by atoms with Crippen molar-refractivity contribution in [1.82, 2.24) is 0 Å².